The molecule has 30 heavy (non-hydrogen) atoms. The predicted molar refractivity (Wildman–Crippen MR) is 125 cm³/mol. The fourth-order valence-corrected chi connectivity index (χ4v) is 4.92. The van der Waals surface area contributed by atoms with Crippen molar-refractivity contribution in [3.05, 3.63) is 47.5 Å². The lowest BCUT2D eigenvalue weighted by Gasteiger charge is -2.23. The molecule has 7 heteroatoms. The van der Waals surface area contributed by atoms with E-state index in [1.165, 1.54) is 17.3 Å². The van der Waals surface area contributed by atoms with Gasteiger partial charge in [-0.1, -0.05) is 65.9 Å². The van der Waals surface area contributed by atoms with Crippen LogP contribution in [0.5, 0.6) is 0 Å². The second kappa shape index (κ2) is 10.3. The van der Waals surface area contributed by atoms with Crippen molar-refractivity contribution in [2.24, 2.45) is 0 Å². The third kappa shape index (κ3) is 5.52. The lowest BCUT2D eigenvalue weighted by molar-refractivity contribution is -0.145. The molecular formula is C23H27NO4S2. The zero-order chi connectivity index (χ0) is 21.7. The Morgan fingerprint density at radius 3 is 2.77 bits per heavy atom. The standard InChI is InChI=1S/C23H27NO4S2/c1-15-6-7-19-14-17(8-9-18(19)13-15)16(2)22(27)28-11-4-12-30-23(29)24-10-3-5-20(24)21(25)26/h6-9,13-14,16,20H,3-5,10-12H2,1-2H3,(H,25,26). The first-order valence-electron chi connectivity index (χ1n) is 10.2. The minimum absolute atomic E-state index is 0.237. The second-order valence-electron chi connectivity index (χ2n) is 7.66. The summed E-state index contributed by atoms with van der Waals surface area (Å²) in [5.41, 5.74) is 2.16. The Balaban J connectivity index is 1.43. The normalized spacial score (nSPS) is 17.1. The largest absolute Gasteiger partial charge is 0.480 e. The first kappa shape index (κ1) is 22.6. The van der Waals surface area contributed by atoms with Crippen molar-refractivity contribution in [3.63, 3.8) is 0 Å². The number of rotatable bonds is 7. The number of esters is 1. The predicted octanol–water partition coefficient (Wildman–Crippen LogP) is 4.75. The van der Waals surface area contributed by atoms with Crippen LogP contribution in [0.15, 0.2) is 36.4 Å². The molecule has 0 saturated carbocycles. The molecule has 1 saturated heterocycles. The molecule has 3 rings (SSSR count). The molecule has 5 nitrogen and oxygen atoms in total. The molecular weight excluding hydrogens is 418 g/mol. The van der Waals surface area contributed by atoms with E-state index in [-0.39, 0.29) is 11.9 Å². The van der Waals surface area contributed by atoms with Gasteiger partial charge >= 0.3 is 11.9 Å². The molecule has 1 heterocycles. The molecule has 2 aromatic carbocycles. The Labute approximate surface area is 186 Å². The molecule has 0 spiro atoms. The second-order valence-corrected chi connectivity index (χ2v) is 9.39. The monoisotopic (exact) mass is 445 g/mol. The number of carbonyl (C=O) groups is 2. The fourth-order valence-electron chi connectivity index (χ4n) is 3.63. The molecule has 1 aliphatic rings. The van der Waals surface area contributed by atoms with Crippen LogP contribution in [-0.2, 0) is 14.3 Å². The van der Waals surface area contributed by atoms with Gasteiger partial charge in [-0.2, -0.15) is 0 Å². The van der Waals surface area contributed by atoms with Crippen molar-refractivity contribution in [3.8, 4) is 0 Å². The van der Waals surface area contributed by atoms with Gasteiger partial charge in [0, 0.05) is 12.3 Å². The van der Waals surface area contributed by atoms with Crippen molar-refractivity contribution in [2.45, 2.75) is 45.1 Å². The molecule has 0 radical (unpaired) electrons. The number of likely N-dealkylation sites (tertiary alicyclic amines) is 1. The first-order valence-corrected chi connectivity index (χ1v) is 11.6. The van der Waals surface area contributed by atoms with E-state index in [1.54, 1.807) is 4.90 Å². The number of thiocarbonyl (C=S) groups is 1. The van der Waals surface area contributed by atoms with Gasteiger partial charge in [-0.3, -0.25) is 4.79 Å². The first-order chi connectivity index (χ1) is 14.4. The molecule has 1 N–H and O–H groups in total. The van der Waals surface area contributed by atoms with Crippen LogP contribution in [0.2, 0.25) is 0 Å². The van der Waals surface area contributed by atoms with Crippen LogP contribution in [0.1, 0.15) is 43.2 Å². The summed E-state index contributed by atoms with van der Waals surface area (Å²) in [4.78, 5) is 25.5. The van der Waals surface area contributed by atoms with Crippen molar-refractivity contribution in [1.29, 1.82) is 0 Å². The van der Waals surface area contributed by atoms with Crippen LogP contribution in [0, 0.1) is 6.92 Å². The molecule has 1 aliphatic heterocycles. The number of hydrogen-bond donors (Lipinski definition) is 1. The Morgan fingerprint density at radius 1 is 1.27 bits per heavy atom. The van der Waals surface area contributed by atoms with Gasteiger partial charge in [0.05, 0.1) is 12.5 Å². The Bertz CT molecular complexity index is 946. The fraction of sp³-hybridized carbons (Fsp3) is 0.435. The van der Waals surface area contributed by atoms with Gasteiger partial charge in [-0.25, -0.2) is 4.79 Å². The SMILES string of the molecule is Cc1ccc2cc(C(C)C(=O)OCCCSC(=S)N3CCCC3C(=O)O)ccc2c1. The highest BCUT2D eigenvalue weighted by molar-refractivity contribution is 8.22. The van der Waals surface area contributed by atoms with E-state index in [9.17, 15) is 14.7 Å². The number of carbonyl (C=O) groups excluding carboxylic acids is 1. The summed E-state index contributed by atoms with van der Waals surface area (Å²) in [6, 6.07) is 11.8. The topological polar surface area (TPSA) is 66.8 Å². The summed E-state index contributed by atoms with van der Waals surface area (Å²) in [7, 11) is 0. The van der Waals surface area contributed by atoms with Crippen LogP contribution >= 0.6 is 24.0 Å². The van der Waals surface area contributed by atoms with Gasteiger partial charge in [-0.15, -0.1) is 0 Å². The zero-order valence-corrected chi connectivity index (χ0v) is 18.9. The third-order valence-electron chi connectivity index (χ3n) is 5.40. The van der Waals surface area contributed by atoms with Gasteiger partial charge in [0.15, 0.2) is 0 Å². The number of thioether (sulfide) groups is 1. The summed E-state index contributed by atoms with van der Waals surface area (Å²) in [6.45, 7) is 4.95. The number of aliphatic carboxylic acids is 1. The van der Waals surface area contributed by atoms with Gasteiger partial charge in [0.2, 0.25) is 0 Å². The van der Waals surface area contributed by atoms with E-state index in [4.69, 9.17) is 17.0 Å². The molecule has 0 bridgehead atoms. The highest BCUT2D eigenvalue weighted by Gasteiger charge is 2.32. The van der Waals surface area contributed by atoms with Crippen LogP contribution in [-0.4, -0.2) is 51.2 Å². The summed E-state index contributed by atoms with van der Waals surface area (Å²) in [5, 5.41) is 11.5. The number of carboxylic acid groups (broad SMARTS) is 1. The summed E-state index contributed by atoms with van der Waals surface area (Å²) in [5.74, 6) is -0.689. The van der Waals surface area contributed by atoms with Crippen LogP contribution in [0.4, 0.5) is 0 Å². The van der Waals surface area contributed by atoms with Crippen LogP contribution in [0.25, 0.3) is 10.8 Å². The van der Waals surface area contributed by atoms with Gasteiger partial charge < -0.3 is 14.7 Å². The van der Waals surface area contributed by atoms with E-state index < -0.39 is 12.0 Å². The van der Waals surface area contributed by atoms with Crippen molar-refractivity contribution < 1.29 is 19.4 Å². The van der Waals surface area contributed by atoms with E-state index >= 15 is 0 Å². The highest BCUT2D eigenvalue weighted by Crippen LogP contribution is 2.25. The van der Waals surface area contributed by atoms with Crippen LogP contribution in [0.3, 0.4) is 0 Å². The van der Waals surface area contributed by atoms with E-state index in [1.807, 2.05) is 25.1 Å². The minimum Gasteiger partial charge on any atom is -0.480 e. The smallest absolute Gasteiger partial charge is 0.326 e. The maximum absolute atomic E-state index is 12.4. The Morgan fingerprint density at radius 2 is 2.00 bits per heavy atom. The number of carboxylic acids is 1. The van der Waals surface area contributed by atoms with Crippen molar-refractivity contribution >= 4 is 51.0 Å². The van der Waals surface area contributed by atoms with Gasteiger partial charge in [-0.05, 0) is 49.4 Å². The molecule has 2 atom stereocenters. The lowest BCUT2D eigenvalue weighted by atomic mass is 9.97. The quantitative estimate of drug-likeness (QED) is 0.375. The number of fused-ring (bicyclic) bond motifs is 1. The Hall–Kier alpha value is -2.12. The summed E-state index contributed by atoms with van der Waals surface area (Å²) < 4.78 is 6.07. The molecule has 0 aliphatic carbocycles. The number of ether oxygens (including phenoxy) is 1. The molecule has 160 valence electrons. The van der Waals surface area contributed by atoms with Crippen molar-refractivity contribution in [1.82, 2.24) is 4.90 Å². The average molecular weight is 446 g/mol. The lowest BCUT2D eigenvalue weighted by Crippen LogP contribution is -2.38. The maximum atomic E-state index is 12.4. The zero-order valence-electron chi connectivity index (χ0n) is 17.3. The highest BCUT2D eigenvalue weighted by atomic mass is 32.2. The number of nitrogens with zero attached hydrogens (tertiary/aromatic N) is 1. The average Bonchev–Trinajstić information content (AvgIpc) is 3.22. The van der Waals surface area contributed by atoms with Gasteiger partial charge in [0.25, 0.3) is 0 Å². The molecule has 1 fully saturated rings. The summed E-state index contributed by atoms with van der Waals surface area (Å²) >= 11 is 6.84. The van der Waals surface area contributed by atoms with E-state index in [2.05, 4.69) is 25.1 Å². The van der Waals surface area contributed by atoms with Crippen LogP contribution < -0.4 is 0 Å². The molecule has 0 amide bonds. The number of hydrogen-bond acceptors (Lipinski definition) is 5. The van der Waals surface area contributed by atoms with Crippen molar-refractivity contribution in [2.75, 3.05) is 18.9 Å². The minimum atomic E-state index is -0.817. The number of benzene rings is 2. The maximum Gasteiger partial charge on any atom is 0.326 e. The molecule has 0 aromatic heterocycles. The third-order valence-corrected chi connectivity index (χ3v) is 6.97. The summed E-state index contributed by atoms with van der Waals surface area (Å²) in [6.07, 6.45) is 2.16. The van der Waals surface area contributed by atoms with E-state index in [0.29, 0.717) is 36.1 Å². The molecule has 2 unspecified atom stereocenters. The Kier molecular flexibility index (Phi) is 7.72. The van der Waals surface area contributed by atoms with E-state index in [0.717, 1.165) is 22.8 Å². The van der Waals surface area contributed by atoms with Gasteiger partial charge in [0.1, 0.15) is 10.4 Å². The molecule has 2 aromatic rings. The number of aryl methyl sites for hydroxylation is 1.